The molecule has 9 amide bonds. The zero-order valence-electron chi connectivity index (χ0n) is 63.2. The number of carbonyl (C=O) groups excluding carboxylic acids is 9. The molecule has 598 valence electrons. The van der Waals surface area contributed by atoms with E-state index in [1.807, 2.05) is 0 Å². The van der Waals surface area contributed by atoms with Crippen molar-refractivity contribution in [1.29, 1.82) is 0 Å². The molecule has 0 spiro atoms. The largest absolute Gasteiger partial charge is 0.379 e. The Bertz CT molecular complexity index is 5160. The van der Waals surface area contributed by atoms with Crippen LogP contribution in [0.1, 0.15) is 162 Å². The molecule has 0 bridgehead atoms. The van der Waals surface area contributed by atoms with E-state index in [4.69, 9.17) is 5.73 Å². The van der Waals surface area contributed by atoms with Gasteiger partial charge in [0.05, 0.1) is 51.7 Å². The third kappa shape index (κ3) is 23.0. The van der Waals surface area contributed by atoms with E-state index in [0.29, 0.717) is 114 Å². The second-order valence-corrected chi connectivity index (χ2v) is 28.3. The molecular formula is C81H93F2N19O12. The highest BCUT2D eigenvalue weighted by Crippen LogP contribution is 2.24. The minimum absolute atomic E-state index is 0.00125. The van der Waals surface area contributed by atoms with Gasteiger partial charge in [0.15, 0.2) is 11.2 Å². The van der Waals surface area contributed by atoms with Crippen LogP contribution in [0.3, 0.4) is 0 Å². The van der Waals surface area contributed by atoms with Crippen molar-refractivity contribution in [3.8, 4) is 0 Å². The fourth-order valence-corrected chi connectivity index (χ4v) is 13.7. The number of nitrogen functional groups attached to an aromatic ring is 1. The van der Waals surface area contributed by atoms with Gasteiger partial charge in [0, 0.05) is 146 Å². The number of nitrogens with zero attached hydrogens (tertiary/aromatic N) is 9. The molecule has 0 saturated carbocycles. The van der Waals surface area contributed by atoms with Gasteiger partial charge in [0.25, 0.3) is 28.8 Å². The Hall–Kier alpha value is -12.7. The van der Waals surface area contributed by atoms with Gasteiger partial charge in [-0.1, -0.05) is 74.2 Å². The molecule has 5 aromatic carbocycles. The normalized spacial score (nSPS) is 13.2. The number of nitrogens with one attached hydrogen (secondary N) is 9. The van der Waals surface area contributed by atoms with Crippen molar-refractivity contribution in [2.45, 2.75) is 128 Å². The van der Waals surface area contributed by atoms with Crippen molar-refractivity contribution in [3.05, 3.63) is 203 Å². The SMILES string of the molecule is Nc1nc(=O)c2nc(CNc3ccc(C(=O)N[C@@H](CCC(=O)NCCCCCCNC(=O)CCCC(=O)N4CCN(C(=O)c5cc(Cc6n[nH]c(=O)c7ccccc67)ccc5F)CC4)C(=O)NCCCCCCNC(=O)CCCC(=O)N4CCN(C(=O)c5cc(Cc6n[nH]c(=O)c7ccccc67)ccc5F)CC4)cc3)cnc2[nH]1. The van der Waals surface area contributed by atoms with Crippen LogP contribution in [0.25, 0.3) is 32.7 Å². The number of halogens is 2. The highest BCUT2D eigenvalue weighted by Gasteiger charge is 2.30. The van der Waals surface area contributed by atoms with Crippen molar-refractivity contribution in [2.75, 3.05) is 89.6 Å². The van der Waals surface area contributed by atoms with Crippen molar-refractivity contribution >= 4 is 97.5 Å². The van der Waals surface area contributed by atoms with E-state index in [-0.39, 0.29) is 191 Å². The highest BCUT2D eigenvalue weighted by atomic mass is 19.1. The van der Waals surface area contributed by atoms with E-state index >= 15 is 8.78 Å². The second-order valence-electron chi connectivity index (χ2n) is 28.3. The number of aromatic nitrogens is 8. The molecule has 9 aromatic rings. The van der Waals surface area contributed by atoms with Crippen LogP contribution < -0.4 is 54.3 Å². The van der Waals surface area contributed by atoms with E-state index in [9.17, 15) is 57.5 Å². The van der Waals surface area contributed by atoms with Crippen molar-refractivity contribution in [1.82, 2.24) is 86.5 Å². The molecule has 1 atom stereocenters. The number of benzene rings is 5. The van der Waals surface area contributed by atoms with Crippen LogP contribution in [0.4, 0.5) is 20.4 Å². The van der Waals surface area contributed by atoms with Gasteiger partial charge in [0.1, 0.15) is 17.7 Å². The number of amides is 9. The maximum atomic E-state index is 15.1. The summed E-state index contributed by atoms with van der Waals surface area (Å²) >= 11 is 0. The fourth-order valence-electron chi connectivity index (χ4n) is 13.7. The van der Waals surface area contributed by atoms with E-state index in [2.05, 4.69) is 72.2 Å². The molecular weight excluding hydrogens is 1470 g/mol. The summed E-state index contributed by atoms with van der Waals surface area (Å²) in [5.74, 6) is -4.37. The summed E-state index contributed by atoms with van der Waals surface area (Å²) in [6, 6.07) is 28.1. The molecule has 114 heavy (non-hydrogen) atoms. The Morgan fingerprint density at radius 2 is 0.939 bits per heavy atom. The summed E-state index contributed by atoms with van der Waals surface area (Å²) in [5.41, 5.74) is 8.15. The quantitative estimate of drug-likeness (QED) is 0.0211. The van der Waals surface area contributed by atoms with E-state index in [0.717, 1.165) is 25.7 Å². The Labute approximate surface area is 653 Å². The maximum absolute atomic E-state index is 15.1. The summed E-state index contributed by atoms with van der Waals surface area (Å²) in [6.07, 6.45) is 8.80. The zero-order chi connectivity index (χ0) is 80.5. The smallest absolute Gasteiger partial charge is 0.302 e. The molecule has 11 N–H and O–H groups in total. The van der Waals surface area contributed by atoms with Crippen LogP contribution in [-0.4, -0.2) is 198 Å². The van der Waals surface area contributed by atoms with Crippen LogP contribution >= 0.6 is 0 Å². The lowest BCUT2D eigenvalue weighted by atomic mass is 10.0. The Balaban J connectivity index is 0.544. The number of carbonyl (C=O) groups is 9. The maximum Gasteiger partial charge on any atom is 0.302 e. The molecule has 0 radical (unpaired) electrons. The molecule has 4 aromatic heterocycles. The molecule has 2 saturated heterocycles. The van der Waals surface area contributed by atoms with E-state index in [1.165, 1.54) is 40.3 Å². The molecule has 6 heterocycles. The number of piperazine rings is 2. The lowest BCUT2D eigenvalue weighted by molar-refractivity contribution is -0.133. The topological polar surface area (TPSA) is 428 Å². The average molecular weight is 1560 g/mol. The van der Waals surface area contributed by atoms with Crippen molar-refractivity contribution < 1.29 is 51.9 Å². The summed E-state index contributed by atoms with van der Waals surface area (Å²) in [6.45, 7) is 3.59. The standard InChI is InChI=1S/C81H93F2N19O12/c82-62-29-23-51(47-65-56-15-5-7-17-58(56)75(109)97-95-65)45-60(62)79(113)101-41-37-99(38-42-101)70(106)21-13-19-67(103)85-33-9-1-2-11-35-87-69(105)32-31-64(92-74(108)53-25-27-54(28-26-53)89-49-55-50-90-73-72(91-55)78(112)94-81(84)93-73)77(111)88-36-12-4-3-10-34-86-68(104)20-14-22-71(107)100-39-43-102(44-40-100)80(114)61-46-52(24-30-63(61)83)48-66-57-16-6-8-18-59(57)76(110)98-96-66/h5-8,15-18,23-30,45-46,50,64,89H,1-4,9-14,19-22,31-44,47-49H2,(H,85,103)(H,86,104)(H,87,105)(H,88,111)(H,92,108)(H,97,109)(H,98,110)(H3,84,90,93,94,112)/t64-/m0/s1. The third-order valence-corrected chi connectivity index (χ3v) is 20.1. The number of hydrogen-bond donors (Lipinski definition) is 10. The van der Waals surface area contributed by atoms with E-state index < -0.39 is 46.9 Å². The first kappa shape index (κ1) is 82.3. The third-order valence-electron chi connectivity index (χ3n) is 20.1. The lowest BCUT2D eigenvalue weighted by Gasteiger charge is -2.35. The van der Waals surface area contributed by atoms with Gasteiger partial charge in [-0.25, -0.2) is 28.9 Å². The van der Waals surface area contributed by atoms with Gasteiger partial charge in [-0.05, 0) is 117 Å². The van der Waals surface area contributed by atoms with Crippen LogP contribution in [0.2, 0.25) is 0 Å². The van der Waals surface area contributed by atoms with Crippen LogP contribution in [0.5, 0.6) is 0 Å². The molecule has 31 nitrogen and oxygen atoms in total. The molecule has 11 rings (SSSR count). The monoisotopic (exact) mass is 1560 g/mol. The number of nitrogens with two attached hydrogens (primary N) is 1. The van der Waals surface area contributed by atoms with Gasteiger partial charge in [-0.2, -0.15) is 15.2 Å². The number of rotatable bonds is 37. The molecule has 0 unspecified atom stereocenters. The number of H-pyrrole nitrogens is 3. The predicted octanol–water partition coefficient (Wildman–Crippen LogP) is 5.61. The number of fused-ring (bicyclic) bond motifs is 3. The summed E-state index contributed by atoms with van der Waals surface area (Å²) in [4.78, 5) is 178. The minimum atomic E-state index is -1.07. The molecule has 0 aliphatic carbocycles. The van der Waals surface area contributed by atoms with Gasteiger partial charge in [-0.15, -0.1) is 0 Å². The fraction of sp³-hybridized carbons (Fsp3) is 0.395. The Morgan fingerprint density at radius 3 is 1.42 bits per heavy atom. The highest BCUT2D eigenvalue weighted by molar-refractivity contribution is 5.99. The molecule has 2 aliphatic heterocycles. The number of aromatic amines is 3. The van der Waals surface area contributed by atoms with Gasteiger partial charge in [0.2, 0.25) is 41.4 Å². The lowest BCUT2D eigenvalue weighted by Crippen LogP contribution is -2.50. The molecule has 2 aliphatic rings. The van der Waals surface area contributed by atoms with Crippen molar-refractivity contribution in [3.63, 3.8) is 0 Å². The minimum Gasteiger partial charge on any atom is -0.379 e. The van der Waals surface area contributed by atoms with Gasteiger partial charge >= 0.3 is 5.56 Å². The van der Waals surface area contributed by atoms with Crippen molar-refractivity contribution in [2.24, 2.45) is 0 Å². The van der Waals surface area contributed by atoms with Gasteiger partial charge in [-0.3, -0.25) is 57.5 Å². The van der Waals surface area contributed by atoms with Gasteiger partial charge < -0.3 is 62.2 Å². The number of anilines is 2. The van der Waals surface area contributed by atoms with Crippen LogP contribution in [-0.2, 0) is 48.2 Å². The zero-order valence-corrected chi connectivity index (χ0v) is 63.2. The van der Waals surface area contributed by atoms with Crippen LogP contribution in [0, 0.1) is 11.6 Å². The first-order valence-electron chi connectivity index (χ1n) is 38.6. The summed E-state index contributed by atoms with van der Waals surface area (Å²) in [7, 11) is 0. The Kier molecular flexibility index (Phi) is 29.2. The molecule has 2 fully saturated rings. The predicted molar refractivity (Wildman–Crippen MR) is 421 cm³/mol. The summed E-state index contributed by atoms with van der Waals surface area (Å²) < 4.78 is 30.2. The first-order valence-corrected chi connectivity index (χ1v) is 38.6. The first-order chi connectivity index (χ1) is 55.2. The summed E-state index contributed by atoms with van der Waals surface area (Å²) in [5, 5.41) is 33.3. The second kappa shape index (κ2) is 40.5. The number of unbranched alkanes of at least 4 members (excludes halogenated alkanes) is 6. The average Bonchev–Trinajstić information content (AvgIpc) is 0.823. The van der Waals surface area contributed by atoms with E-state index in [1.54, 1.807) is 94.7 Å². The number of hydrogen-bond acceptors (Lipinski definition) is 19. The molecule has 33 heteroatoms. The Morgan fingerprint density at radius 1 is 0.491 bits per heavy atom. The van der Waals surface area contributed by atoms with Crippen LogP contribution in [0.15, 0.2) is 130 Å².